The van der Waals surface area contributed by atoms with Crippen LogP contribution in [-0.2, 0) is 11.2 Å². The topological polar surface area (TPSA) is 93.3 Å². The first kappa shape index (κ1) is 15.9. The number of ether oxygens (including phenoxy) is 1. The van der Waals surface area contributed by atoms with Gasteiger partial charge in [-0.25, -0.2) is 4.98 Å². The van der Waals surface area contributed by atoms with Crippen molar-refractivity contribution < 1.29 is 9.84 Å². The van der Waals surface area contributed by atoms with Crippen molar-refractivity contribution in [2.75, 3.05) is 31.3 Å². The maximum absolute atomic E-state index is 10.3. The maximum Gasteiger partial charge on any atom is 0.223 e. The highest BCUT2D eigenvalue weighted by Gasteiger charge is 2.21. The van der Waals surface area contributed by atoms with E-state index in [1.54, 1.807) is 25.4 Å². The smallest absolute Gasteiger partial charge is 0.223 e. The Labute approximate surface area is 128 Å². The van der Waals surface area contributed by atoms with Crippen molar-refractivity contribution in [2.45, 2.75) is 32.3 Å². The fraction of sp³-hybridized carbons (Fsp3) is 0.571. The van der Waals surface area contributed by atoms with Gasteiger partial charge in [0.25, 0.3) is 0 Å². The van der Waals surface area contributed by atoms with E-state index in [1.807, 2.05) is 0 Å². The minimum Gasteiger partial charge on any atom is -0.388 e. The summed E-state index contributed by atoms with van der Waals surface area (Å²) >= 11 is 1.62. The van der Waals surface area contributed by atoms with Gasteiger partial charge in [0.2, 0.25) is 5.95 Å². The Balaban J connectivity index is 2.19. The summed E-state index contributed by atoms with van der Waals surface area (Å²) in [6.45, 7) is 4.75. The van der Waals surface area contributed by atoms with Crippen molar-refractivity contribution in [3.05, 3.63) is 10.9 Å². The monoisotopic (exact) mass is 310 g/mol. The number of aryl methyl sites for hydroxylation is 1. The molecule has 21 heavy (non-hydrogen) atoms. The van der Waals surface area contributed by atoms with E-state index in [9.17, 15) is 5.11 Å². The molecule has 0 saturated carbocycles. The average Bonchev–Trinajstić information content (AvgIpc) is 2.85. The van der Waals surface area contributed by atoms with Crippen LogP contribution in [0.1, 0.15) is 25.1 Å². The number of nitrogens with two attached hydrogens (primary N) is 1. The van der Waals surface area contributed by atoms with Crippen molar-refractivity contribution in [2.24, 2.45) is 0 Å². The van der Waals surface area contributed by atoms with E-state index in [4.69, 9.17) is 10.5 Å². The fourth-order valence-electron chi connectivity index (χ4n) is 1.98. The number of fused-ring (bicyclic) bond motifs is 1. The molecule has 0 amide bonds. The summed E-state index contributed by atoms with van der Waals surface area (Å²) in [5, 5.41) is 14.4. The zero-order chi connectivity index (χ0) is 15.5. The molecule has 0 radical (unpaired) electrons. The second kappa shape index (κ2) is 6.55. The van der Waals surface area contributed by atoms with E-state index in [0.717, 1.165) is 16.6 Å². The lowest BCUT2D eigenvalue weighted by Gasteiger charge is -2.23. The number of rotatable bonds is 7. The maximum atomic E-state index is 10.3. The summed E-state index contributed by atoms with van der Waals surface area (Å²) in [4.78, 5) is 10.6. The Kier molecular flexibility index (Phi) is 4.97. The van der Waals surface area contributed by atoms with Crippen LogP contribution in [0.4, 0.5) is 11.8 Å². The number of hydrogen-bond donors (Lipinski definition) is 3. The molecular formula is C14H22N4O2S. The van der Waals surface area contributed by atoms with Crippen LogP contribution in [0.25, 0.3) is 10.2 Å². The third-order valence-corrected chi connectivity index (χ3v) is 4.46. The first-order valence-corrected chi connectivity index (χ1v) is 7.78. The number of anilines is 2. The second-order valence-electron chi connectivity index (χ2n) is 5.31. The first-order valence-electron chi connectivity index (χ1n) is 6.96. The normalized spacial score (nSPS) is 14.3. The van der Waals surface area contributed by atoms with Crippen LogP contribution >= 0.6 is 11.3 Å². The summed E-state index contributed by atoms with van der Waals surface area (Å²) < 4.78 is 5.01. The van der Waals surface area contributed by atoms with Gasteiger partial charge in [0, 0.05) is 31.6 Å². The molecule has 1 unspecified atom stereocenters. The number of nitrogens with one attached hydrogen (secondary N) is 1. The van der Waals surface area contributed by atoms with Gasteiger partial charge in [0.05, 0.1) is 11.0 Å². The number of thiophene rings is 1. The number of aliphatic hydroxyl groups is 1. The van der Waals surface area contributed by atoms with Gasteiger partial charge in [0.15, 0.2) is 0 Å². The number of methoxy groups -OCH3 is 1. The van der Waals surface area contributed by atoms with Crippen LogP contribution in [0.2, 0.25) is 0 Å². The molecule has 7 heteroatoms. The third kappa shape index (κ3) is 4.03. The number of nitrogens with zero attached hydrogens (tertiary/aromatic N) is 2. The van der Waals surface area contributed by atoms with Crippen LogP contribution < -0.4 is 11.1 Å². The summed E-state index contributed by atoms with van der Waals surface area (Å²) in [5.41, 5.74) is 4.89. The van der Waals surface area contributed by atoms with Crippen LogP contribution in [0.3, 0.4) is 0 Å². The summed E-state index contributed by atoms with van der Waals surface area (Å²) in [6.07, 6.45) is 1.50. The molecule has 0 aliphatic heterocycles. The zero-order valence-corrected chi connectivity index (χ0v) is 13.5. The molecule has 0 bridgehead atoms. The van der Waals surface area contributed by atoms with E-state index in [1.165, 1.54) is 4.88 Å². The second-order valence-corrected chi connectivity index (χ2v) is 6.42. The van der Waals surface area contributed by atoms with Crippen LogP contribution in [0.15, 0.2) is 6.07 Å². The molecule has 0 aromatic carbocycles. The summed E-state index contributed by atoms with van der Waals surface area (Å²) in [5.74, 6) is 0.914. The Morgan fingerprint density at radius 1 is 1.48 bits per heavy atom. The quantitative estimate of drug-likeness (QED) is 0.724. The fourth-order valence-corrected chi connectivity index (χ4v) is 2.96. The number of aromatic nitrogens is 2. The molecule has 4 N–H and O–H groups in total. The van der Waals surface area contributed by atoms with Gasteiger partial charge in [-0.15, -0.1) is 11.3 Å². The van der Waals surface area contributed by atoms with Gasteiger partial charge in [-0.05, 0) is 19.4 Å². The Hall–Kier alpha value is -1.44. The molecule has 2 aromatic rings. The van der Waals surface area contributed by atoms with Gasteiger partial charge < -0.3 is 20.9 Å². The molecule has 2 heterocycles. The Morgan fingerprint density at radius 3 is 2.90 bits per heavy atom. The van der Waals surface area contributed by atoms with Crippen LogP contribution in [0, 0.1) is 0 Å². The third-order valence-electron chi connectivity index (χ3n) is 3.29. The number of nitrogen functional groups attached to an aromatic ring is 1. The lowest BCUT2D eigenvalue weighted by atomic mass is 10.0. The molecular weight excluding hydrogens is 288 g/mol. The van der Waals surface area contributed by atoms with Crippen molar-refractivity contribution in [1.82, 2.24) is 9.97 Å². The predicted molar refractivity (Wildman–Crippen MR) is 86.8 cm³/mol. The average molecular weight is 310 g/mol. The van der Waals surface area contributed by atoms with Crippen molar-refractivity contribution in [1.29, 1.82) is 0 Å². The van der Waals surface area contributed by atoms with Gasteiger partial charge in [-0.2, -0.15) is 4.98 Å². The molecule has 0 spiro atoms. The lowest BCUT2D eigenvalue weighted by Crippen LogP contribution is -2.35. The molecule has 0 fully saturated rings. The number of hydrogen-bond acceptors (Lipinski definition) is 7. The lowest BCUT2D eigenvalue weighted by molar-refractivity contribution is 0.0357. The largest absolute Gasteiger partial charge is 0.388 e. The minimum atomic E-state index is -0.869. The van der Waals surface area contributed by atoms with E-state index >= 15 is 0 Å². The zero-order valence-electron chi connectivity index (χ0n) is 12.6. The Morgan fingerprint density at radius 2 is 2.24 bits per heavy atom. The predicted octanol–water partition coefficient (Wildman–Crippen LogP) is 2.04. The van der Waals surface area contributed by atoms with Gasteiger partial charge in [0.1, 0.15) is 10.6 Å². The molecule has 0 aliphatic rings. The summed E-state index contributed by atoms with van der Waals surface area (Å²) in [6, 6.07) is 2.08. The molecule has 2 aromatic heterocycles. The van der Waals surface area contributed by atoms with Gasteiger partial charge in [-0.1, -0.05) is 6.92 Å². The van der Waals surface area contributed by atoms with Crippen molar-refractivity contribution >= 4 is 33.3 Å². The SMILES string of the molecule is CCc1cc2c(NCC(C)(O)CCOC)nc(N)nc2s1. The molecule has 1 atom stereocenters. The van der Waals surface area contributed by atoms with Crippen molar-refractivity contribution in [3.8, 4) is 0 Å². The molecule has 2 rings (SSSR count). The molecule has 6 nitrogen and oxygen atoms in total. The summed E-state index contributed by atoms with van der Waals surface area (Å²) in [7, 11) is 1.62. The van der Waals surface area contributed by atoms with E-state index < -0.39 is 5.60 Å². The minimum absolute atomic E-state index is 0.242. The highest BCUT2D eigenvalue weighted by Crippen LogP contribution is 2.30. The van der Waals surface area contributed by atoms with E-state index in [-0.39, 0.29) is 5.95 Å². The van der Waals surface area contributed by atoms with Crippen LogP contribution in [0.5, 0.6) is 0 Å². The molecule has 0 saturated heterocycles. The van der Waals surface area contributed by atoms with Gasteiger partial charge >= 0.3 is 0 Å². The Bertz CT molecular complexity index is 612. The highest BCUT2D eigenvalue weighted by molar-refractivity contribution is 7.18. The first-order chi connectivity index (χ1) is 9.95. The highest BCUT2D eigenvalue weighted by atomic mass is 32.1. The van der Waals surface area contributed by atoms with E-state index in [2.05, 4.69) is 28.3 Å². The molecule has 0 aliphatic carbocycles. The molecule has 116 valence electrons. The van der Waals surface area contributed by atoms with E-state index in [0.29, 0.717) is 25.4 Å². The van der Waals surface area contributed by atoms with Crippen molar-refractivity contribution in [3.63, 3.8) is 0 Å². The van der Waals surface area contributed by atoms with Crippen LogP contribution in [-0.4, -0.2) is 40.9 Å². The standard InChI is InChI=1S/C14H22N4O2S/c1-4-9-7-10-11(17-13(15)18-12(10)21-9)16-8-14(2,19)5-6-20-3/h7,19H,4-6,8H2,1-3H3,(H3,15,16,17,18). The van der Waals surface area contributed by atoms with Gasteiger partial charge in [-0.3, -0.25) is 0 Å².